The molecule has 0 fully saturated rings. The number of carbonyl (C=O) groups excluding carboxylic acids is 1. The molecule has 0 aliphatic rings. The highest BCUT2D eigenvalue weighted by Crippen LogP contribution is 2.21. The first kappa shape index (κ1) is 19.9. The average Bonchev–Trinajstić information content (AvgIpc) is 2.65. The molecular formula is C21H19ClN2O3S. The molecule has 3 aromatic rings. The molecule has 144 valence electrons. The number of carbonyl (C=O) groups is 1. The van der Waals surface area contributed by atoms with E-state index in [-0.39, 0.29) is 10.8 Å². The van der Waals surface area contributed by atoms with Crippen LogP contribution in [0.2, 0.25) is 5.02 Å². The summed E-state index contributed by atoms with van der Waals surface area (Å²) in [6, 6.07) is 18.0. The summed E-state index contributed by atoms with van der Waals surface area (Å²) < 4.78 is 27.5. The summed E-state index contributed by atoms with van der Waals surface area (Å²) in [5, 5.41) is 3.31. The molecule has 3 aromatic carbocycles. The highest BCUT2D eigenvalue weighted by molar-refractivity contribution is 7.92. The summed E-state index contributed by atoms with van der Waals surface area (Å²) in [4.78, 5) is 12.7. The van der Waals surface area contributed by atoms with Gasteiger partial charge in [-0.05, 0) is 73.5 Å². The van der Waals surface area contributed by atoms with Gasteiger partial charge in [0.2, 0.25) is 0 Å². The van der Waals surface area contributed by atoms with Gasteiger partial charge in [-0.15, -0.1) is 0 Å². The Kier molecular flexibility index (Phi) is 5.72. The maximum absolute atomic E-state index is 12.6. The Hall–Kier alpha value is -2.83. The number of hydrogen-bond acceptors (Lipinski definition) is 3. The Morgan fingerprint density at radius 1 is 0.929 bits per heavy atom. The molecule has 2 N–H and O–H groups in total. The van der Waals surface area contributed by atoms with E-state index in [4.69, 9.17) is 11.6 Å². The minimum Gasteiger partial charge on any atom is -0.322 e. The molecule has 0 atom stereocenters. The summed E-state index contributed by atoms with van der Waals surface area (Å²) in [5.74, 6) is -0.318. The van der Waals surface area contributed by atoms with Crippen LogP contribution >= 0.6 is 11.6 Å². The summed E-state index contributed by atoms with van der Waals surface area (Å²) >= 11 is 5.81. The second-order valence-electron chi connectivity index (χ2n) is 6.41. The zero-order valence-electron chi connectivity index (χ0n) is 15.4. The van der Waals surface area contributed by atoms with Gasteiger partial charge in [0, 0.05) is 22.0 Å². The van der Waals surface area contributed by atoms with E-state index >= 15 is 0 Å². The van der Waals surface area contributed by atoms with E-state index < -0.39 is 10.0 Å². The van der Waals surface area contributed by atoms with Gasteiger partial charge < -0.3 is 5.32 Å². The molecule has 28 heavy (non-hydrogen) atoms. The zero-order valence-corrected chi connectivity index (χ0v) is 16.9. The van der Waals surface area contributed by atoms with Crippen LogP contribution in [0.15, 0.2) is 71.6 Å². The van der Waals surface area contributed by atoms with Crippen LogP contribution in [-0.4, -0.2) is 14.3 Å². The highest BCUT2D eigenvalue weighted by atomic mass is 35.5. The molecule has 0 heterocycles. The summed E-state index contributed by atoms with van der Waals surface area (Å²) in [7, 11) is -3.78. The minimum absolute atomic E-state index is 0.0853. The number of anilines is 2. The fourth-order valence-electron chi connectivity index (χ4n) is 2.62. The maximum Gasteiger partial charge on any atom is 0.261 e. The molecule has 3 rings (SSSR count). The number of nitrogens with one attached hydrogen (secondary N) is 2. The predicted octanol–water partition coefficient (Wildman–Crippen LogP) is 5.01. The normalized spacial score (nSPS) is 11.1. The van der Waals surface area contributed by atoms with Crippen molar-refractivity contribution in [2.75, 3.05) is 10.0 Å². The van der Waals surface area contributed by atoms with Crippen LogP contribution in [0.4, 0.5) is 11.4 Å². The molecule has 0 radical (unpaired) electrons. The monoisotopic (exact) mass is 414 g/mol. The van der Waals surface area contributed by atoms with Crippen LogP contribution in [0, 0.1) is 13.8 Å². The summed E-state index contributed by atoms with van der Waals surface area (Å²) in [6.45, 7) is 3.85. The van der Waals surface area contributed by atoms with Gasteiger partial charge in [-0.1, -0.05) is 29.8 Å². The lowest BCUT2D eigenvalue weighted by molar-refractivity contribution is 0.102. The smallest absolute Gasteiger partial charge is 0.261 e. The topological polar surface area (TPSA) is 75.3 Å². The largest absolute Gasteiger partial charge is 0.322 e. The molecule has 1 amide bonds. The first-order valence-corrected chi connectivity index (χ1v) is 10.4. The lowest BCUT2D eigenvalue weighted by atomic mass is 10.1. The first-order valence-electron chi connectivity index (χ1n) is 8.52. The first-order chi connectivity index (χ1) is 13.2. The Balaban J connectivity index is 1.81. The SMILES string of the molecule is Cc1ccc(C)c(NC(=O)c2cccc(NS(=O)(=O)c3ccc(Cl)cc3)c2)c1. The Morgan fingerprint density at radius 3 is 2.36 bits per heavy atom. The van der Waals surface area contributed by atoms with Crippen molar-refractivity contribution in [3.8, 4) is 0 Å². The lowest BCUT2D eigenvalue weighted by Crippen LogP contribution is -2.15. The quantitative estimate of drug-likeness (QED) is 0.616. The van der Waals surface area contributed by atoms with E-state index in [9.17, 15) is 13.2 Å². The van der Waals surface area contributed by atoms with E-state index in [1.54, 1.807) is 18.2 Å². The third-order valence-corrected chi connectivity index (χ3v) is 5.79. The van der Waals surface area contributed by atoms with E-state index in [0.29, 0.717) is 16.3 Å². The van der Waals surface area contributed by atoms with Crippen LogP contribution in [0.25, 0.3) is 0 Å². The van der Waals surface area contributed by atoms with Gasteiger partial charge in [-0.25, -0.2) is 8.42 Å². The minimum atomic E-state index is -3.78. The third kappa shape index (κ3) is 4.71. The molecular weight excluding hydrogens is 396 g/mol. The molecule has 5 nitrogen and oxygen atoms in total. The molecule has 7 heteroatoms. The molecule has 0 aromatic heterocycles. The fourth-order valence-corrected chi connectivity index (χ4v) is 3.79. The number of halogens is 1. The Bertz CT molecular complexity index is 1130. The van der Waals surface area contributed by atoms with E-state index in [0.717, 1.165) is 16.8 Å². The predicted molar refractivity (Wildman–Crippen MR) is 113 cm³/mol. The number of sulfonamides is 1. The number of aryl methyl sites for hydroxylation is 2. The number of benzene rings is 3. The molecule has 0 aliphatic carbocycles. The molecule has 0 unspecified atom stereocenters. The van der Waals surface area contributed by atoms with Gasteiger partial charge in [0.25, 0.3) is 15.9 Å². The number of amides is 1. The van der Waals surface area contributed by atoms with Crippen molar-refractivity contribution >= 4 is 38.9 Å². The van der Waals surface area contributed by atoms with Crippen molar-refractivity contribution in [1.29, 1.82) is 0 Å². The van der Waals surface area contributed by atoms with Crippen LogP contribution in [0.1, 0.15) is 21.5 Å². The van der Waals surface area contributed by atoms with E-state index in [1.807, 2.05) is 32.0 Å². The number of hydrogen-bond donors (Lipinski definition) is 2. The van der Waals surface area contributed by atoms with E-state index in [2.05, 4.69) is 10.0 Å². The average molecular weight is 415 g/mol. The lowest BCUT2D eigenvalue weighted by Gasteiger charge is -2.11. The van der Waals surface area contributed by atoms with Gasteiger partial charge in [-0.2, -0.15) is 0 Å². The Labute approximate surface area is 169 Å². The molecule has 0 saturated heterocycles. The van der Waals surface area contributed by atoms with Gasteiger partial charge in [0.05, 0.1) is 4.90 Å². The Morgan fingerprint density at radius 2 is 1.64 bits per heavy atom. The van der Waals surface area contributed by atoms with Crippen molar-refractivity contribution in [2.45, 2.75) is 18.7 Å². The van der Waals surface area contributed by atoms with Gasteiger partial charge in [0.1, 0.15) is 0 Å². The van der Waals surface area contributed by atoms with Crippen molar-refractivity contribution < 1.29 is 13.2 Å². The van der Waals surface area contributed by atoms with Crippen LogP contribution in [-0.2, 0) is 10.0 Å². The van der Waals surface area contributed by atoms with Crippen LogP contribution < -0.4 is 10.0 Å². The van der Waals surface area contributed by atoms with Crippen molar-refractivity contribution in [3.63, 3.8) is 0 Å². The summed E-state index contributed by atoms with van der Waals surface area (Å²) in [5.41, 5.74) is 3.34. The fraction of sp³-hybridized carbons (Fsp3) is 0.0952. The highest BCUT2D eigenvalue weighted by Gasteiger charge is 2.15. The van der Waals surface area contributed by atoms with Crippen LogP contribution in [0.5, 0.6) is 0 Å². The van der Waals surface area contributed by atoms with Crippen molar-refractivity contribution in [1.82, 2.24) is 0 Å². The maximum atomic E-state index is 12.6. The van der Waals surface area contributed by atoms with Gasteiger partial charge >= 0.3 is 0 Å². The molecule has 0 aliphatic heterocycles. The van der Waals surface area contributed by atoms with Gasteiger partial charge in [0.15, 0.2) is 0 Å². The van der Waals surface area contributed by atoms with Crippen LogP contribution in [0.3, 0.4) is 0 Å². The standard InChI is InChI=1S/C21H19ClN2O3S/c1-14-6-7-15(2)20(12-14)23-21(25)16-4-3-5-18(13-16)24-28(26,27)19-10-8-17(22)9-11-19/h3-13,24H,1-2H3,(H,23,25). The van der Waals surface area contributed by atoms with E-state index in [1.165, 1.54) is 30.3 Å². The van der Waals surface area contributed by atoms with Gasteiger partial charge in [-0.3, -0.25) is 9.52 Å². The number of rotatable bonds is 5. The van der Waals surface area contributed by atoms with Crippen molar-refractivity contribution in [3.05, 3.63) is 88.4 Å². The second-order valence-corrected chi connectivity index (χ2v) is 8.53. The second kappa shape index (κ2) is 8.04. The molecule has 0 spiro atoms. The third-order valence-electron chi connectivity index (χ3n) is 4.14. The van der Waals surface area contributed by atoms with Crippen molar-refractivity contribution in [2.24, 2.45) is 0 Å². The molecule has 0 bridgehead atoms. The summed E-state index contributed by atoms with van der Waals surface area (Å²) in [6.07, 6.45) is 0. The zero-order chi connectivity index (χ0) is 20.3. The molecule has 0 saturated carbocycles.